The van der Waals surface area contributed by atoms with Crippen molar-refractivity contribution in [2.75, 3.05) is 10.2 Å². The summed E-state index contributed by atoms with van der Waals surface area (Å²) in [6.45, 7) is 2.16. The van der Waals surface area contributed by atoms with Crippen LogP contribution < -0.4 is 10.2 Å². The van der Waals surface area contributed by atoms with Crippen LogP contribution in [0.4, 0.5) is 17.2 Å². The van der Waals surface area contributed by atoms with Crippen molar-refractivity contribution in [1.82, 2.24) is 10.2 Å². The quantitative estimate of drug-likeness (QED) is 0.745. The van der Waals surface area contributed by atoms with Gasteiger partial charge in [0.25, 0.3) is 5.91 Å². The summed E-state index contributed by atoms with van der Waals surface area (Å²) in [6.07, 6.45) is 0.969. The first-order valence-corrected chi connectivity index (χ1v) is 8.77. The monoisotopic (exact) mass is 364 g/mol. The number of carbonyl (C=O) groups excluding carboxylic acids is 1. The number of carbonyl (C=O) groups is 1. The molecule has 1 unspecified atom stereocenters. The van der Waals surface area contributed by atoms with E-state index in [-0.39, 0.29) is 11.6 Å². The Hall–Kier alpha value is -2.92. The Morgan fingerprint density at radius 3 is 2.58 bits per heavy atom. The van der Waals surface area contributed by atoms with Gasteiger partial charge in [0.05, 0.1) is 0 Å². The van der Waals surface area contributed by atoms with Crippen molar-refractivity contribution in [2.45, 2.75) is 19.4 Å². The number of anilines is 3. The van der Waals surface area contributed by atoms with Gasteiger partial charge in [-0.05, 0) is 61.4 Å². The predicted molar refractivity (Wildman–Crippen MR) is 103 cm³/mol. The first-order chi connectivity index (χ1) is 12.6. The molecule has 1 aliphatic heterocycles. The van der Waals surface area contributed by atoms with Gasteiger partial charge in [-0.2, -0.15) is 0 Å². The second kappa shape index (κ2) is 6.77. The third-order valence-corrected chi connectivity index (χ3v) is 4.69. The van der Waals surface area contributed by atoms with E-state index in [2.05, 4.69) is 39.5 Å². The van der Waals surface area contributed by atoms with Gasteiger partial charge in [0.2, 0.25) is 0 Å². The van der Waals surface area contributed by atoms with Crippen LogP contribution in [0.15, 0.2) is 60.7 Å². The lowest BCUT2D eigenvalue weighted by atomic mass is 10.1. The van der Waals surface area contributed by atoms with Crippen LogP contribution in [0.5, 0.6) is 0 Å². The molecule has 2 aromatic carbocycles. The Bertz CT molecular complexity index is 941. The Labute approximate surface area is 156 Å². The second-order valence-electron chi connectivity index (χ2n) is 6.29. The lowest BCUT2D eigenvalue weighted by Gasteiger charge is -2.23. The number of halogens is 1. The molecule has 0 fully saturated rings. The molecule has 5 nitrogen and oxygen atoms in total. The van der Waals surface area contributed by atoms with Crippen LogP contribution in [0.2, 0.25) is 5.02 Å². The van der Waals surface area contributed by atoms with Crippen LogP contribution in [0.25, 0.3) is 0 Å². The molecule has 1 atom stereocenters. The summed E-state index contributed by atoms with van der Waals surface area (Å²) in [7, 11) is 0. The molecular formula is C20H17ClN4O. The Morgan fingerprint density at radius 1 is 1.08 bits per heavy atom. The number of fused-ring (bicyclic) bond motifs is 1. The van der Waals surface area contributed by atoms with Crippen molar-refractivity contribution in [3.05, 3.63) is 76.9 Å². The summed E-state index contributed by atoms with van der Waals surface area (Å²) < 4.78 is 0. The summed E-state index contributed by atoms with van der Waals surface area (Å²) in [5.41, 5.74) is 3.37. The zero-order chi connectivity index (χ0) is 18.1. The number of hydrogen-bond acceptors (Lipinski definition) is 4. The molecular weight excluding hydrogens is 348 g/mol. The van der Waals surface area contributed by atoms with Gasteiger partial charge in [0, 0.05) is 22.4 Å². The van der Waals surface area contributed by atoms with Crippen LogP contribution in [0.3, 0.4) is 0 Å². The molecule has 0 bridgehead atoms. The van der Waals surface area contributed by atoms with Crippen molar-refractivity contribution in [3.8, 4) is 0 Å². The number of nitrogens with zero attached hydrogens (tertiary/aromatic N) is 3. The Morgan fingerprint density at radius 2 is 1.85 bits per heavy atom. The highest BCUT2D eigenvalue weighted by atomic mass is 35.5. The largest absolute Gasteiger partial charge is 0.321 e. The average molecular weight is 365 g/mol. The minimum Gasteiger partial charge on any atom is -0.321 e. The third kappa shape index (κ3) is 3.13. The summed E-state index contributed by atoms with van der Waals surface area (Å²) >= 11 is 5.85. The van der Waals surface area contributed by atoms with Crippen molar-refractivity contribution in [1.29, 1.82) is 0 Å². The molecule has 0 saturated heterocycles. The normalized spacial score (nSPS) is 15.6. The summed E-state index contributed by atoms with van der Waals surface area (Å²) in [6, 6.07) is 19.0. The summed E-state index contributed by atoms with van der Waals surface area (Å²) in [5.74, 6) is 0.437. The SMILES string of the molecule is CC1Cc2ccccc2N1c1ccc(C(=O)Nc2ccc(Cl)cc2)nn1. The lowest BCUT2D eigenvalue weighted by Crippen LogP contribution is -2.25. The van der Waals surface area contributed by atoms with Gasteiger partial charge in [-0.15, -0.1) is 10.2 Å². The second-order valence-corrected chi connectivity index (χ2v) is 6.73. The molecule has 1 amide bonds. The summed E-state index contributed by atoms with van der Waals surface area (Å²) in [5, 5.41) is 11.8. The lowest BCUT2D eigenvalue weighted by molar-refractivity contribution is 0.102. The molecule has 4 rings (SSSR count). The molecule has 0 aliphatic carbocycles. The smallest absolute Gasteiger partial charge is 0.276 e. The van der Waals surface area contributed by atoms with Crippen LogP contribution in [-0.4, -0.2) is 22.1 Å². The first-order valence-electron chi connectivity index (χ1n) is 8.39. The van der Waals surface area contributed by atoms with Gasteiger partial charge < -0.3 is 10.2 Å². The van der Waals surface area contributed by atoms with Crippen LogP contribution in [0.1, 0.15) is 23.0 Å². The highest BCUT2D eigenvalue weighted by Gasteiger charge is 2.28. The molecule has 0 spiro atoms. The number of para-hydroxylation sites is 1. The molecule has 1 aromatic heterocycles. The van der Waals surface area contributed by atoms with E-state index < -0.39 is 0 Å². The van der Waals surface area contributed by atoms with E-state index >= 15 is 0 Å². The maximum atomic E-state index is 12.3. The molecule has 0 radical (unpaired) electrons. The van der Waals surface area contributed by atoms with Crippen LogP contribution in [-0.2, 0) is 6.42 Å². The average Bonchev–Trinajstić information content (AvgIpc) is 2.99. The molecule has 130 valence electrons. The van der Waals surface area contributed by atoms with Crippen molar-refractivity contribution >= 4 is 34.7 Å². The third-order valence-electron chi connectivity index (χ3n) is 4.44. The molecule has 6 heteroatoms. The van der Waals surface area contributed by atoms with E-state index in [1.54, 1.807) is 30.3 Å². The predicted octanol–water partition coefficient (Wildman–Crippen LogP) is 4.47. The molecule has 3 aromatic rings. The zero-order valence-electron chi connectivity index (χ0n) is 14.2. The fourth-order valence-corrected chi connectivity index (χ4v) is 3.34. The van der Waals surface area contributed by atoms with Crippen molar-refractivity contribution in [3.63, 3.8) is 0 Å². The topological polar surface area (TPSA) is 58.1 Å². The van der Waals surface area contributed by atoms with Gasteiger partial charge in [-0.1, -0.05) is 29.8 Å². The zero-order valence-corrected chi connectivity index (χ0v) is 14.9. The number of hydrogen-bond donors (Lipinski definition) is 1. The molecule has 2 heterocycles. The standard InChI is InChI=1S/C20H17ClN4O/c1-13-12-14-4-2-3-5-18(14)25(13)19-11-10-17(23-24-19)20(26)22-16-8-6-15(21)7-9-16/h2-11,13H,12H2,1H3,(H,22,26). The van der Waals surface area contributed by atoms with Crippen molar-refractivity contribution in [2.24, 2.45) is 0 Å². The Balaban J connectivity index is 1.53. The van der Waals surface area contributed by atoms with Crippen LogP contribution >= 0.6 is 11.6 Å². The van der Waals surface area contributed by atoms with Gasteiger partial charge in [-0.3, -0.25) is 4.79 Å². The van der Waals surface area contributed by atoms with Gasteiger partial charge in [0.1, 0.15) is 0 Å². The van der Waals surface area contributed by atoms with E-state index in [9.17, 15) is 4.79 Å². The highest BCUT2D eigenvalue weighted by Crippen LogP contribution is 2.36. The minimum absolute atomic E-state index is 0.267. The molecule has 26 heavy (non-hydrogen) atoms. The molecule has 1 N–H and O–H groups in total. The van der Waals surface area contributed by atoms with Gasteiger partial charge >= 0.3 is 0 Å². The van der Waals surface area contributed by atoms with Gasteiger partial charge in [-0.25, -0.2) is 0 Å². The summed E-state index contributed by atoms with van der Waals surface area (Å²) in [4.78, 5) is 14.5. The Kier molecular flexibility index (Phi) is 4.31. The number of benzene rings is 2. The first kappa shape index (κ1) is 16.5. The van der Waals surface area contributed by atoms with Crippen molar-refractivity contribution < 1.29 is 4.79 Å². The minimum atomic E-state index is -0.304. The van der Waals surface area contributed by atoms with Gasteiger partial charge in [0.15, 0.2) is 11.5 Å². The fraction of sp³-hybridized carbons (Fsp3) is 0.150. The highest BCUT2D eigenvalue weighted by molar-refractivity contribution is 6.30. The fourth-order valence-electron chi connectivity index (χ4n) is 3.22. The number of aromatic nitrogens is 2. The number of amides is 1. The molecule has 1 aliphatic rings. The maximum Gasteiger partial charge on any atom is 0.276 e. The number of rotatable bonds is 3. The van der Waals surface area contributed by atoms with Crippen LogP contribution in [0, 0.1) is 0 Å². The van der Waals surface area contributed by atoms with E-state index in [4.69, 9.17) is 11.6 Å². The van der Waals surface area contributed by atoms with E-state index in [1.165, 1.54) is 5.56 Å². The molecule has 0 saturated carbocycles. The number of nitrogens with one attached hydrogen (secondary N) is 1. The van der Waals surface area contributed by atoms with E-state index in [1.807, 2.05) is 18.2 Å². The maximum absolute atomic E-state index is 12.3. The van der Waals surface area contributed by atoms with E-state index in [0.29, 0.717) is 16.8 Å². The van der Waals surface area contributed by atoms with E-state index in [0.717, 1.165) is 17.9 Å².